The highest BCUT2D eigenvalue weighted by Gasteiger charge is 2.25. The summed E-state index contributed by atoms with van der Waals surface area (Å²) in [6.45, 7) is 3.36. The monoisotopic (exact) mass is 498 g/mol. The molecule has 8 heteroatoms. The molecule has 1 atom stereocenters. The Kier molecular flexibility index (Phi) is 6.24. The first-order valence-corrected chi connectivity index (χ1v) is 13.2. The number of piperidine rings is 1. The summed E-state index contributed by atoms with van der Waals surface area (Å²) in [5.74, 6) is 1.30. The summed E-state index contributed by atoms with van der Waals surface area (Å²) in [6, 6.07) is 22.8. The van der Waals surface area contributed by atoms with Crippen molar-refractivity contribution in [1.29, 1.82) is 0 Å². The number of fused-ring (bicyclic) bond motifs is 1. The summed E-state index contributed by atoms with van der Waals surface area (Å²) < 4.78 is 6.09. The first-order valence-electron chi connectivity index (χ1n) is 11.9. The Balaban J connectivity index is 1.28. The van der Waals surface area contributed by atoms with Crippen LogP contribution in [-0.4, -0.2) is 42.3 Å². The zero-order valence-electron chi connectivity index (χ0n) is 19.3. The van der Waals surface area contributed by atoms with Gasteiger partial charge in [-0.15, -0.1) is 11.3 Å². The molecule has 4 heterocycles. The summed E-state index contributed by atoms with van der Waals surface area (Å²) in [5, 5.41) is 6.22. The lowest BCUT2D eigenvalue weighted by Crippen LogP contribution is -2.36. The highest BCUT2D eigenvalue weighted by atomic mass is 32.1. The van der Waals surface area contributed by atoms with Crippen LogP contribution in [0.25, 0.3) is 21.6 Å². The van der Waals surface area contributed by atoms with Crippen molar-refractivity contribution in [2.24, 2.45) is 0 Å². The molecule has 35 heavy (non-hydrogen) atoms. The smallest absolute Gasteiger partial charge is 0.199 e. The normalized spacial score (nSPS) is 16.6. The van der Waals surface area contributed by atoms with E-state index >= 15 is 0 Å². The van der Waals surface area contributed by atoms with Gasteiger partial charge in [-0.05, 0) is 61.4 Å². The van der Waals surface area contributed by atoms with E-state index in [-0.39, 0.29) is 0 Å². The first-order chi connectivity index (χ1) is 17.2. The molecule has 3 aromatic heterocycles. The van der Waals surface area contributed by atoms with Gasteiger partial charge >= 0.3 is 0 Å². The second-order valence-electron chi connectivity index (χ2n) is 9.00. The second kappa shape index (κ2) is 9.81. The molecule has 1 aliphatic rings. The van der Waals surface area contributed by atoms with Gasteiger partial charge in [0, 0.05) is 30.4 Å². The van der Waals surface area contributed by atoms with E-state index in [1.807, 2.05) is 40.4 Å². The molecular formula is C27H26N6S2. The molecule has 0 radical (unpaired) electrons. The molecule has 0 bridgehead atoms. The third-order valence-corrected chi connectivity index (χ3v) is 8.16. The molecule has 5 aromatic rings. The maximum absolute atomic E-state index is 5.95. The van der Waals surface area contributed by atoms with Gasteiger partial charge < -0.3 is 0 Å². The minimum atomic E-state index is 0.444. The van der Waals surface area contributed by atoms with Gasteiger partial charge in [0.25, 0.3) is 0 Å². The number of pyridine rings is 1. The van der Waals surface area contributed by atoms with Crippen LogP contribution in [0.5, 0.6) is 0 Å². The van der Waals surface area contributed by atoms with Crippen LogP contribution in [0.15, 0.2) is 79.1 Å². The lowest BCUT2D eigenvalue weighted by molar-refractivity contribution is 0.156. The van der Waals surface area contributed by atoms with Crippen LogP contribution >= 0.6 is 23.6 Å². The fourth-order valence-electron chi connectivity index (χ4n) is 4.79. The highest BCUT2D eigenvalue weighted by Crippen LogP contribution is 2.33. The SMILES string of the molecule is S=c1n(CN2CCC[C@H](c3nc4ccccc4s3)C2)nc(-c2cccnc2)n1Cc1ccccc1. The molecule has 6 rings (SSSR count). The van der Waals surface area contributed by atoms with Crippen LogP contribution in [-0.2, 0) is 13.2 Å². The number of rotatable bonds is 6. The molecule has 0 N–H and O–H groups in total. The van der Waals surface area contributed by atoms with Crippen LogP contribution < -0.4 is 0 Å². The number of para-hydroxylation sites is 1. The van der Waals surface area contributed by atoms with Crippen molar-refractivity contribution in [3.63, 3.8) is 0 Å². The van der Waals surface area contributed by atoms with Gasteiger partial charge in [0.15, 0.2) is 10.6 Å². The van der Waals surface area contributed by atoms with Crippen LogP contribution in [0.3, 0.4) is 0 Å². The lowest BCUT2D eigenvalue weighted by Gasteiger charge is -2.31. The Hall–Kier alpha value is -3.20. The Labute approximate surface area is 213 Å². The predicted molar refractivity (Wildman–Crippen MR) is 143 cm³/mol. The minimum absolute atomic E-state index is 0.444. The van der Waals surface area contributed by atoms with Crippen molar-refractivity contribution in [1.82, 2.24) is 29.2 Å². The fourth-order valence-corrected chi connectivity index (χ4v) is 6.13. The van der Waals surface area contributed by atoms with E-state index in [9.17, 15) is 0 Å². The number of likely N-dealkylation sites (tertiary alicyclic amines) is 1. The lowest BCUT2D eigenvalue weighted by atomic mass is 9.99. The zero-order valence-corrected chi connectivity index (χ0v) is 21.0. The number of nitrogens with zero attached hydrogens (tertiary/aromatic N) is 6. The Morgan fingerprint density at radius 3 is 2.69 bits per heavy atom. The molecule has 1 aliphatic heterocycles. The number of thiazole rings is 1. The Morgan fingerprint density at radius 1 is 1.00 bits per heavy atom. The molecular weight excluding hydrogens is 472 g/mol. The molecule has 0 aliphatic carbocycles. The molecule has 6 nitrogen and oxygen atoms in total. The van der Waals surface area contributed by atoms with Crippen molar-refractivity contribution in [3.05, 3.63) is 94.5 Å². The summed E-state index contributed by atoms with van der Waals surface area (Å²) in [7, 11) is 0. The van der Waals surface area contributed by atoms with Crippen molar-refractivity contribution in [2.75, 3.05) is 13.1 Å². The van der Waals surface area contributed by atoms with Crippen LogP contribution in [0.4, 0.5) is 0 Å². The number of hydrogen-bond acceptors (Lipinski definition) is 6. The molecule has 1 saturated heterocycles. The predicted octanol–water partition coefficient (Wildman–Crippen LogP) is 5.97. The molecule has 2 aromatic carbocycles. The van der Waals surface area contributed by atoms with Crippen molar-refractivity contribution >= 4 is 33.8 Å². The van der Waals surface area contributed by atoms with Gasteiger partial charge in [-0.25, -0.2) is 9.67 Å². The average Bonchev–Trinajstić information content (AvgIpc) is 3.47. The van der Waals surface area contributed by atoms with E-state index in [0.717, 1.165) is 41.2 Å². The molecule has 0 spiro atoms. The van der Waals surface area contributed by atoms with E-state index in [0.29, 0.717) is 19.1 Å². The molecule has 0 amide bonds. The van der Waals surface area contributed by atoms with E-state index in [1.165, 1.54) is 21.7 Å². The molecule has 0 saturated carbocycles. The fraction of sp³-hybridized carbons (Fsp3) is 0.259. The summed E-state index contributed by atoms with van der Waals surface area (Å²) in [4.78, 5) is 11.7. The quantitative estimate of drug-likeness (QED) is 0.270. The maximum Gasteiger partial charge on any atom is 0.199 e. The van der Waals surface area contributed by atoms with E-state index in [2.05, 4.69) is 63.0 Å². The van der Waals surface area contributed by atoms with Gasteiger partial charge in [0.05, 0.1) is 28.4 Å². The first kappa shape index (κ1) is 22.3. The van der Waals surface area contributed by atoms with Crippen LogP contribution in [0.1, 0.15) is 29.3 Å². The third-order valence-electron chi connectivity index (χ3n) is 6.53. The van der Waals surface area contributed by atoms with Crippen molar-refractivity contribution in [2.45, 2.75) is 32.0 Å². The van der Waals surface area contributed by atoms with Crippen molar-refractivity contribution < 1.29 is 0 Å². The standard InChI is InChI=1S/C27H26N6S2/c34-27-32(17-20-8-2-1-3-9-20)25(21-10-6-14-28-16-21)30-33(27)19-31-15-7-11-22(18-31)26-29-23-12-4-5-13-24(23)35-26/h1-6,8-10,12-14,16,22H,7,11,15,17-19H2/t22-/m0/s1. The van der Waals surface area contributed by atoms with Crippen molar-refractivity contribution in [3.8, 4) is 11.4 Å². The topological polar surface area (TPSA) is 51.8 Å². The number of hydrogen-bond donors (Lipinski definition) is 0. The van der Waals surface area contributed by atoms with Crippen LogP contribution in [0.2, 0.25) is 0 Å². The van der Waals surface area contributed by atoms with E-state index in [1.54, 1.807) is 6.20 Å². The summed E-state index contributed by atoms with van der Waals surface area (Å²) >= 11 is 7.78. The summed E-state index contributed by atoms with van der Waals surface area (Å²) in [6.07, 6.45) is 5.96. The zero-order chi connectivity index (χ0) is 23.6. The van der Waals surface area contributed by atoms with E-state index < -0.39 is 0 Å². The van der Waals surface area contributed by atoms with Gasteiger partial charge in [-0.3, -0.25) is 14.5 Å². The molecule has 0 unspecified atom stereocenters. The van der Waals surface area contributed by atoms with Crippen LogP contribution in [0, 0.1) is 4.77 Å². The van der Waals surface area contributed by atoms with Gasteiger partial charge in [-0.1, -0.05) is 42.5 Å². The largest absolute Gasteiger partial charge is 0.295 e. The molecule has 1 fully saturated rings. The number of aromatic nitrogens is 5. The molecule has 176 valence electrons. The second-order valence-corrected chi connectivity index (χ2v) is 10.4. The highest BCUT2D eigenvalue weighted by molar-refractivity contribution is 7.71. The average molecular weight is 499 g/mol. The number of benzene rings is 2. The maximum atomic E-state index is 5.95. The van der Waals surface area contributed by atoms with Gasteiger partial charge in [-0.2, -0.15) is 5.10 Å². The minimum Gasteiger partial charge on any atom is -0.295 e. The van der Waals surface area contributed by atoms with Gasteiger partial charge in [0.1, 0.15) is 0 Å². The van der Waals surface area contributed by atoms with E-state index in [4.69, 9.17) is 22.3 Å². The van der Waals surface area contributed by atoms with Gasteiger partial charge in [0.2, 0.25) is 0 Å². The third kappa shape index (κ3) is 4.69. The summed E-state index contributed by atoms with van der Waals surface area (Å²) in [5.41, 5.74) is 3.27. The Morgan fingerprint density at radius 2 is 1.86 bits per heavy atom. The Bertz CT molecular complexity index is 1460.